The number of carbonyl (C=O) groups excluding carboxylic acids is 3. The summed E-state index contributed by atoms with van der Waals surface area (Å²) in [5.74, 6) is -1.42. The molecule has 0 fully saturated rings. The molecule has 1 aromatic carbocycles. The van der Waals surface area contributed by atoms with E-state index in [4.69, 9.17) is 9.47 Å². The van der Waals surface area contributed by atoms with E-state index in [2.05, 4.69) is 5.32 Å². The van der Waals surface area contributed by atoms with Crippen molar-refractivity contribution < 1.29 is 23.9 Å². The highest BCUT2D eigenvalue weighted by Gasteiger charge is 2.17. The molecular formula is C21H26N2O5. The van der Waals surface area contributed by atoms with Gasteiger partial charge in [-0.15, -0.1) is 0 Å². The fraction of sp³-hybridized carbons (Fsp3) is 0.381. The molecule has 0 atom stereocenters. The second-order valence-electron chi connectivity index (χ2n) is 6.68. The lowest BCUT2D eigenvalue weighted by Gasteiger charge is -2.09. The van der Waals surface area contributed by atoms with Gasteiger partial charge in [0.15, 0.2) is 6.61 Å². The van der Waals surface area contributed by atoms with E-state index in [1.807, 2.05) is 25.3 Å². The lowest BCUT2D eigenvalue weighted by atomic mass is 10.2. The Hall–Kier alpha value is -3.09. The van der Waals surface area contributed by atoms with Gasteiger partial charge in [0, 0.05) is 23.6 Å². The van der Waals surface area contributed by atoms with E-state index in [9.17, 15) is 14.4 Å². The predicted octanol–water partition coefficient (Wildman–Crippen LogP) is 3.49. The number of nitrogens with zero attached hydrogens (tertiary/aromatic N) is 1. The number of benzene rings is 1. The molecule has 7 heteroatoms. The Morgan fingerprint density at radius 1 is 1.07 bits per heavy atom. The van der Waals surface area contributed by atoms with Crippen molar-refractivity contribution in [3.8, 4) is 0 Å². The minimum atomic E-state index is -0.533. The lowest BCUT2D eigenvalue weighted by Crippen LogP contribution is -2.21. The number of hydrogen-bond acceptors (Lipinski definition) is 5. The molecule has 150 valence electrons. The molecule has 0 saturated heterocycles. The highest BCUT2D eigenvalue weighted by molar-refractivity contribution is 5.96. The molecular weight excluding hydrogens is 360 g/mol. The van der Waals surface area contributed by atoms with Crippen LogP contribution in [0.3, 0.4) is 0 Å². The van der Waals surface area contributed by atoms with Crippen LogP contribution in [0.1, 0.15) is 52.9 Å². The van der Waals surface area contributed by atoms with Gasteiger partial charge in [-0.2, -0.15) is 0 Å². The average molecular weight is 386 g/mol. The Balaban J connectivity index is 1.90. The van der Waals surface area contributed by atoms with E-state index >= 15 is 0 Å². The quantitative estimate of drug-likeness (QED) is 0.736. The maximum absolute atomic E-state index is 12.2. The Kier molecular flexibility index (Phi) is 6.98. The van der Waals surface area contributed by atoms with E-state index in [-0.39, 0.29) is 6.10 Å². The maximum atomic E-state index is 12.2. The summed E-state index contributed by atoms with van der Waals surface area (Å²) in [6.45, 7) is 9.66. The van der Waals surface area contributed by atoms with Gasteiger partial charge in [0.1, 0.15) is 0 Å². The van der Waals surface area contributed by atoms with Crippen LogP contribution in [-0.4, -0.2) is 35.1 Å². The van der Waals surface area contributed by atoms with Gasteiger partial charge in [-0.25, -0.2) is 9.59 Å². The molecule has 1 amide bonds. The fourth-order valence-electron chi connectivity index (χ4n) is 2.87. The normalized spacial score (nSPS) is 10.6. The van der Waals surface area contributed by atoms with Crippen LogP contribution >= 0.6 is 0 Å². The van der Waals surface area contributed by atoms with E-state index < -0.39 is 24.5 Å². The number of ether oxygens (including phenoxy) is 2. The van der Waals surface area contributed by atoms with Crippen LogP contribution in [0.5, 0.6) is 0 Å². The molecule has 2 rings (SSSR count). The van der Waals surface area contributed by atoms with E-state index in [1.165, 1.54) is 0 Å². The summed E-state index contributed by atoms with van der Waals surface area (Å²) >= 11 is 0. The second kappa shape index (κ2) is 9.21. The Labute approximate surface area is 164 Å². The predicted molar refractivity (Wildman–Crippen MR) is 105 cm³/mol. The summed E-state index contributed by atoms with van der Waals surface area (Å²) in [6.07, 6.45) is -0.205. The van der Waals surface area contributed by atoms with E-state index in [0.717, 1.165) is 17.9 Å². The molecule has 0 spiro atoms. The molecule has 2 aromatic rings. The molecule has 0 bridgehead atoms. The minimum absolute atomic E-state index is 0.205. The number of rotatable bonds is 7. The van der Waals surface area contributed by atoms with Crippen LogP contribution in [0.2, 0.25) is 0 Å². The zero-order valence-corrected chi connectivity index (χ0v) is 16.9. The highest BCUT2D eigenvalue weighted by atomic mass is 16.5. The van der Waals surface area contributed by atoms with Gasteiger partial charge in [-0.1, -0.05) is 0 Å². The Morgan fingerprint density at radius 3 is 2.25 bits per heavy atom. The molecule has 1 heterocycles. The van der Waals surface area contributed by atoms with Crippen molar-refractivity contribution in [3.05, 3.63) is 52.8 Å². The third-order valence-electron chi connectivity index (χ3n) is 4.19. The molecule has 0 unspecified atom stereocenters. The zero-order chi connectivity index (χ0) is 20.8. The molecule has 0 aliphatic heterocycles. The number of esters is 2. The number of hydrogen-bond donors (Lipinski definition) is 1. The van der Waals surface area contributed by atoms with E-state index in [1.54, 1.807) is 44.2 Å². The summed E-state index contributed by atoms with van der Waals surface area (Å²) in [7, 11) is 0. The number of amides is 1. The Morgan fingerprint density at radius 2 is 1.71 bits per heavy atom. The SMILES string of the molecule is CCn1c(C)cc(C(=O)OCC(=O)Nc2ccc(C(=O)OC(C)C)cc2)c1C. The summed E-state index contributed by atoms with van der Waals surface area (Å²) in [5.41, 5.74) is 3.12. The summed E-state index contributed by atoms with van der Waals surface area (Å²) in [4.78, 5) is 36.1. The molecule has 0 aliphatic rings. The third kappa shape index (κ3) is 5.22. The number of nitrogens with one attached hydrogen (secondary N) is 1. The van der Waals surface area contributed by atoms with Crippen molar-refractivity contribution in [2.24, 2.45) is 0 Å². The first-order chi connectivity index (χ1) is 13.2. The highest BCUT2D eigenvalue weighted by Crippen LogP contribution is 2.16. The lowest BCUT2D eigenvalue weighted by molar-refractivity contribution is -0.119. The third-order valence-corrected chi connectivity index (χ3v) is 4.19. The molecule has 0 saturated carbocycles. The van der Waals surface area contributed by atoms with E-state index in [0.29, 0.717) is 16.8 Å². The maximum Gasteiger partial charge on any atom is 0.340 e. The van der Waals surface area contributed by atoms with Crippen molar-refractivity contribution in [1.29, 1.82) is 0 Å². The van der Waals surface area contributed by atoms with Crippen LogP contribution < -0.4 is 5.32 Å². The topological polar surface area (TPSA) is 86.6 Å². The van der Waals surface area contributed by atoms with Gasteiger partial charge in [0.2, 0.25) is 0 Å². The van der Waals surface area contributed by atoms with Crippen molar-refractivity contribution in [2.45, 2.75) is 47.3 Å². The van der Waals surface area contributed by atoms with Crippen LogP contribution in [0, 0.1) is 13.8 Å². The zero-order valence-electron chi connectivity index (χ0n) is 16.9. The molecule has 0 aliphatic carbocycles. The molecule has 1 aromatic heterocycles. The van der Waals surface area contributed by atoms with Crippen LogP contribution in [0.25, 0.3) is 0 Å². The first-order valence-electron chi connectivity index (χ1n) is 9.17. The first-order valence-corrected chi connectivity index (χ1v) is 9.17. The minimum Gasteiger partial charge on any atom is -0.459 e. The first kappa shape index (κ1) is 21.2. The van der Waals surface area contributed by atoms with Crippen molar-refractivity contribution in [2.75, 3.05) is 11.9 Å². The second-order valence-corrected chi connectivity index (χ2v) is 6.68. The molecule has 7 nitrogen and oxygen atoms in total. The van der Waals surface area contributed by atoms with Gasteiger partial charge in [0.05, 0.1) is 17.2 Å². The largest absolute Gasteiger partial charge is 0.459 e. The van der Waals surface area contributed by atoms with Gasteiger partial charge in [0.25, 0.3) is 5.91 Å². The Bertz CT molecular complexity index is 866. The van der Waals surface area contributed by atoms with Crippen molar-refractivity contribution >= 4 is 23.5 Å². The molecule has 0 radical (unpaired) electrons. The number of anilines is 1. The summed E-state index contributed by atoms with van der Waals surface area (Å²) in [6, 6.07) is 8.06. The van der Waals surface area contributed by atoms with Crippen LogP contribution in [0.4, 0.5) is 5.69 Å². The standard InChI is InChI=1S/C21H26N2O5/c1-6-23-14(4)11-18(15(23)5)21(26)27-12-19(24)22-17-9-7-16(8-10-17)20(25)28-13(2)3/h7-11,13H,6,12H2,1-5H3,(H,22,24). The van der Waals surface area contributed by atoms with Crippen LogP contribution in [0.15, 0.2) is 30.3 Å². The summed E-state index contributed by atoms with van der Waals surface area (Å²) in [5, 5.41) is 2.62. The van der Waals surface area contributed by atoms with Crippen molar-refractivity contribution in [3.63, 3.8) is 0 Å². The fourth-order valence-corrected chi connectivity index (χ4v) is 2.87. The van der Waals surface area contributed by atoms with Crippen LogP contribution in [-0.2, 0) is 20.8 Å². The van der Waals surface area contributed by atoms with Gasteiger partial charge >= 0.3 is 11.9 Å². The summed E-state index contributed by atoms with van der Waals surface area (Å²) < 4.78 is 12.2. The molecule has 1 N–H and O–H groups in total. The monoisotopic (exact) mass is 386 g/mol. The molecule has 28 heavy (non-hydrogen) atoms. The van der Waals surface area contributed by atoms with Gasteiger partial charge < -0.3 is 19.4 Å². The van der Waals surface area contributed by atoms with Gasteiger partial charge in [-0.05, 0) is 65.0 Å². The average Bonchev–Trinajstić information content (AvgIpc) is 2.93. The number of aromatic nitrogens is 1. The smallest absolute Gasteiger partial charge is 0.340 e. The number of carbonyl (C=O) groups is 3. The van der Waals surface area contributed by atoms with Gasteiger partial charge in [-0.3, -0.25) is 4.79 Å². The number of aryl methyl sites for hydroxylation is 1. The van der Waals surface area contributed by atoms with Crippen molar-refractivity contribution in [1.82, 2.24) is 4.57 Å².